The summed E-state index contributed by atoms with van der Waals surface area (Å²) in [6.45, 7) is 2.92. The van der Waals surface area contributed by atoms with Crippen molar-refractivity contribution in [3.05, 3.63) is 24.4 Å². The summed E-state index contributed by atoms with van der Waals surface area (Å²) in [5.74, 6) is 0.893. The van der Waals surface area contributed by atoms with Gasteiger partial charge in [0.05, 0.1) is 5.38 Å². The Labute approximate surface area is 84.3 Å². The van der Waals surface area contributed by atoms with Gasteiger partial charge in [0.1, 0.15) is 5.82 Å². The first kappa shape index (κ1) is 10.3. The predicted octanol–water partition coefficient (Wildman–Crippen LogP) is 2.90. The van der Waals surface area contributed by atoms with Crippen LogP contribution in [-0.2, 0) is 0 Å². The SMILES string of the molecule is CCCC(Cl)CNc1ccccn1. The van der Waals surface area contributed by atoms with Gasteiger partial charge in [-0.15, -0.1) is 11.6 Å². The molecule has 0 aliphatic heterocycles. The highest BCUT2D eigenvalue weighted by Crippen LogP contribution is 2.07. The molecule has 0 aliphatic carbocycles. The van der Waals surface area contributed by atoms with Crippen LogP contribution in [0.3, 0.4) is 0 Å². The number of rotatable bonds is 5. The molecule has 0 radical (unpaired) electrons. The third-order valence-electron chi connectivity index (χ3n) is 1.77. The molecule has 13 heavy (non-hydrogen) atoms. The highest BCUT2D eigenvalue weighted by molar-refractivity contribution is 6.20. The molecule has 0 fully saturated rings. The first-order valence-electron chi connectivity index (χ1n) is 4.62. The summed E-state index contributed by atoms with van der Waals surface area (Å²) in [5, 5.41) is 3.39. The first-order chi connectivity index (χ1) is 6.33. The van der Waals surface area contributed by atoms with E-state index in [2.05, 4.69) is 17.2 Å². The van der Waals surface area contributed by atoms with Crippen LogP contribution in [0.5, 0.6) is 0 Å². The molecule has 1 aromatic rings. The van der Waals surface area contributed by atoms with Gasteiger partial charge in [0.25, 0.3) is 0 Å². The summed E-state index contributed by atoms with van der Waals surface area (Å²) >= 11 is 6.04. The van der Waals surface area contributed by atoms with Crippen LogP contribution in [0.2, 0.25) is 0 Å². The largest absolute Gasteiger partial charge is 0.369 e. The zero-order valence-corrected chi connectivity index (χ0v) is 8.59. The molecule has 72 valence electrons. The summed E-state index contributed by atoms with van der Waals surface area (Å²) in [4.78, 5) is 4.14. The monoisotopic (exact) mass is 198 g/mol. The highest BCUT2D eigenvalue weighted by atomic mass is 35.5. The molecule has 1 aromatic heterocycles. The van der Waals surface area contributed by atoms with Crippen molar-refractivity contribution in [3.8, 4) is 0 Å². The molecule has 0 aromatic carbocycles. The zero-order valence-electron chi connectivity index (χ0n) is 7.83. The number of pyridine rings is 1. The smallest absolute Gasteiger partial charge is 0.125 e. The second-order valence-corrected chi connectivity index (χ2v) is 3.60. The van der Waals surface area contributed by atoms with E-state index in [1.807, 2.05) is 18.2 Å². The Morgan fingerprint density at radius 3 is 3.00 bits per heavy atom. The molecule has 0 saturated heterocycles. The Balaban J connectivity index is 2.27. The average Bonchev–Trinajstić information content (AvgIpc) is 2.17. The van der Waals surface area contributed by atoms with E-state index in [0.29, 0.717) is 0 Å². The van der Waals surface area contributed by atoms with E-state index in [1.54, 1.807) is 6.20 Å². The fourth-order valence-corrected chi connectivity index (χ4v) is 1.39. The second-order valence-electron chi connectivity index (χ2n) is 2.98. The molecule has 0 aliphatic rings. The van der Waals surface area contributed by atoms with Crippen molar-refractivity contribution < 1.29 is 0 Å². The second kappa shape index (κ2) is 5.81. The Bertz CT molecular complexity index is 226. The highest BCUT2D eigenvalue weighted by Gasteiger charge is 2.01. The lowest BCUT2D eigenvalue weighted by Crippen LogP contribution is -2.14. The maximum absolute atomic E-state index is 6.04. The average molecular weight is 199 g/mol. The third kappa shape index (κ3) is 4.13. The molecule has 1 rings (SSSR count). The van der Waals surface area contributed by atoms with Crippen molar-refractivity contribution in [2.45, 2.75) is 25.1 Å². The van der Waals surface area contributed by atoms with E-state index in [-0.39, 0.29) is 5.38 Å². The Kier molecular flexibility index (Phi) is 4.61. The number of anilines is 1. The molecule has 1 atom stereocenters. The lowest BCUT2D eigenvalue weighted by atomic mass is 10.2. The molecule has 0 saturated carbocycles. The number of aromatic nitrogens is 1. The van der Waals surface area contributed by atoms with Crippen molar-refractivity contribution in [2.75, 3.05) is 11.9 Å². The van der Waals surface area contributed by atoms with Gasteiger partial charge in [0, 0.05) is 12.7 Å². The summed E-state index contributed by atoms with van der Waals surface area (Å²) in [6.07, 6.45) is 3.94. The Hall–Kier alpha value is -0.760. The van der Waals surface area contributed by atoms with E-state index in [1.165, 1.54) is 0 Å². The molecular formula is C10H15ClN2. The fourth-order valence-electron chi connectivity index (χ4n) is 1.10. The van der Waals surface area contributed by atoms with E-state index < -0.39 is 0 Å². The number of nitrogens with one attached hydrogen (secondary N) is 1. The molecule has 2 nitrogen and oxygen atoms in total. The molecule has 1 N–H and O–H groups in total. The van der Waals surface area contributed by atoms with Crippen molar-refractivity contribution in [2.24, 2.45) is 0 Å². The van der Waals surface area contributed by atoms with Gasteiger partial charge in [-0.05, 0) is 18.6 Å². The van der Waals surface area contributed by atoms with Crippen LogP contribution in [0.4, 0.5) is 5.82 Å². The van der Waals surface area contributed by atoms with E-state index in [4.69, 9.17) is 11.6 Å². The minimum Gasteiger partial charge on any atom is -0.369 e. The summed E-state index contributed by atoms with van der Waals surface area (Å²) in [5.41, 5.74) is 0. The van der Waals surface area contributed by atoms with Gasteiger partial charge in [-0.1, -0.05) is 19.4 Å². The van der Waals surface area contributed by atoms with Gasteiger partial charge < -0.3 is 5.32 Å². The topological polar surface area (TPSA) is 24.9 Å². The van der Waals surface area contributed by atoms with Gasteiger partial charge >= 0.3 is 0 Å². The normalized spacial score (nSPS) is 12.5. The van der Waals surface area contributed by atoms with Crippen LogP contribution in [0.1, 0.15) is 19.8 Å². The zero-order chi connectivity index (χ0) is 9.52. The maximum atomic E-state index is 6.04. The minimum absolute atomic E-state index is 0.201. The number of halogens is 1. The first-order valence-corrected chi connectivity index (χ1v) is 5.05. The summed E-state index contributed by atoms with van der Waals surface area (Å²) in [7, 11) is 0. The molecule has 3 heteroatoms. The van der Waals surface area contributed by atoms with Gasteiger partial charge in [0.2, 0.25) is 0 Å². The Morgan fingerprint density at radius 1 is 1.54 bits per heavy atom. The molecule has 0 bridgehead atoms. The van der Waals surface area contributed by atoms with Crippen LogP contribution >= 0.6 is 11.6 Å². The van der Waals surface area contributed by atoms with Crippen LogP contribution in [0, 0.1) is 0 Å². The molecule has 1 heterocycles. The fraction of sp³-hybridized carbons (Fsp3) is 0.500. The lowest BCUT2D eigenvalue weighted by molar-refractivity contribution is 0.750. The van der Waals surface area contributed by atoms with Crippen LogP contribution < -0.4 is 5.32 Å². The van der Waals surface area contributed by atoms with Crippen LogP contribution in [-0.4, -0.2) is 16.9 Å². The van der Waals surface area contributed by atoms with Crippen molar-refractivity contribution in [3.63, 3.8) is 0 Å². The van der Waals surface area contributed by atoms with Crippen molar-refractivity contribution in [1.29, 1.82) is 0 Å². The molecule has 0 spiro atoms. The minimum atomic E-state index is 0.201. The number of hydrogen-bond donors (Lipinski definition) is 1. The number of nitrogens with zero attached hydrogens (tertiary/aromatic N) is 1. The van der Waals surface area contributed by atoms with Gasteiger partial charge in [0.15, 0.2) is 0 Å². The lowest BCUT2D eigenvalue weighted by Gasteiger charge is -2.09. The van der Waals surface area contributed by atoms with E-state index in [0.717, 1.165) is 25.2 Å². The molecule has 1 unspecified atom stereocenters. The third-order valence-corrected chi connectivity index (χ3v) is 2.14. The van der Waals surface area contributed by atoms with Crippen molar-refractivity contribution >= 4 is 17.4 Å². The Morgan fingerprint density at radius 2 is 2.38 bits per heavy atom. The van der Waals surface area contributed by atoms with Crippen molar-refractivity contribution in [1.82, 2.24) is 4.98 Å². The standard InChI is InChI=1S/C10H15ClN2/c1-2-5-9(11)8-13-10-6-3-4-7-12-10/h3-4,6-7,9H,2,5,8H2,1H3,(H,12,13). The quantitative estimate of drug-likeness (QED) is 0.736. The van der Waals surface area contributed by atoms with Crippen LogP contribution in [0.25, 0.3) is 0 Å². The molecule has 0 amide bonds. The van der Waals surface area contributed by atoms with E-state index in [9.17, 15) is 0 Å². The number of alkyl halides is 1. The van der Waals surface area contributed by atoms with Gasteiger partial charge in [-0.3, -0.25) is 0 Å². The van der Waals surface area contributed by atoms with Gasteiger partial charge in [-0.25, -0.2) is 4.98 Å². The molecular weight excluding hydrogens is 184 g/mol. The van der Waals surface area contributed by atoms with Crippen LogP contribution in [0.15, 0.2) is 24.4 Å². The summed E-state index contributed by atoms with van der Waals surface area (Å²) < 4.78 is 0. The van der Waals surface area contributed by atoms with E-state index >= 15 is 0 Å². The predicted molar refractivity (Wildman–Crippen MR) is 57.3 cm³/mol. The van der Waals surface area contributed by atoms with Gasteiger partial charge in [-0.2, -0.15) is 0 Å². The maximum Gasteiger partial charge on any atom is 0.125 e. The number of hydrogen-bond acceptors (Lipinski definition) is 2. The summed E-state index contributed by atoms with van der Waals surface area (Å²) in [6, 6.07) is 5.79.